The number of ether oxygens (including phenoxy) is 6. The van der Waals surface area contributed by atoms with Gasteiger partial charge in [0, 0.05) is 0 Å². The van der Waals surface area contributed by atoms with Crippen molar-refractivity contribution in [2.75, 3.05) is 6.61 Å². The van der Waals surface area contributed by atoms with Crippen LogP contribution in [0.3, 0.4) is 0 Å². The first-order chi connectivity index (χ1) is 23.3. The van der Waals surface area contributed by atoms with Crippen molar-refractivity contribution < 1.29 is 38.3 Å². The second-order valence-corrected chi connectivity index (χ2v) is 12.9. The van der Waals surface area contributed by atoms with Crippen LogP contribution < -0.4 is 0 Å². The number of aliphatic hydroxyl groups excluding tert-OH is 1. The molecule has 1 aliphatic rings. The van der Waals surface area contributed by atoms with E-state index in [2.05, 4.69) is 0 Å². The lowest BCUT2D eigenvalue weighted by atomic mass is 9.91. The van der Waals surface area contributed by atoms with Gasteiger partial charge in [-0.05, 0) is 43.0 Å². The molecule has 0 spiro atoms. The minimum Gasteiger partial charge on any atom is -0.458 e. The number of benzene rings is 4. The zero-order valence-electron chi connectivity index (χ0n) is 27.9. The molecule has 254 valence electrons. The van der Waals surface area contributed by atoms with Crippen molar-refractivity contribution >= 4 is 5.97 Å². The summed E-state index contributed by atoms with van der Waals surface area (Å²) in [6.45, 7) is 6.43. The summed E-state index contributed by atoms with van der Waals surface area (Å²) in [5, 5.41) is 11.6. The van der Waals surface area contributed by atoms with Gasteiger partial charge in [-0.15, -0.1) is 0 Å². The highest BCUT2D eigenvalue weighted by molar-refractivity contribution is 5.75. The third-order valence-electron chi connectivity index (χ3n) is 7.88. The van der Waals surface area contributed by atoms with E-state index in [1.807, 2.05) is 121 Å². The summed E-state index contributed by atoms with van der Waals surface area (Å²) in [6, 6.07) is 39.2. The second-order valence-electron chi connectivity index (χ2n) is 12.9. The van der Waals surface area contributed by atoms with Gasteiger partial charge in [0.05, 0.1) is 33.0 Å². The van der Waals surface area contributed by atoms with Gasteiger partial charge in [-0.2, -0.15) is 0 Å². The standard InChI is InChI=1S/C40H46O8/c1-40(2,3)48-39(42)34(41)36-38(46-27-32-22-14-7-15-23-32)37(45-26-31-20-12-6-13-21-31)35(44-25-30-18-10-5-11-19-30)33(47-36)28-43-24-29-16-8-4-9-17-29/h4-23,33-38,41H,24-28H2,1-3H3/t33-,34?,35+,36+,37+,38+/m1/s1. The number of carbonyl (C=O) groups is 1. The van der Waals surface area contributed by atoms with Gasteiger partial charge >= 0.3 is 5.97 Å². The Labute approximate surface area is 283 Å². The summed E-state index contributed by atoms with van der Waals surface area (Å²) in [5.41, 5.74) is 3.02. The summed E-state index contributed by atoms with van der Waals surface area (Å²) in [5.74, 6) is -0.810. The fourth-order valence-corrected chi connectivity index (χ4v) is 5.58. The molecule has 1 fully saturated rings. The molecule has 1 N–H and O–H groups in total. The molecule has 1 heterocycles. The van der Waals surface area contributed by atoms with Crippen LogP contribution in [-0.2, 0) is 59.6 Å². The zero-order valence-corrected chi connectivity index (χ0v) is 27.9. The summed E-state index contributed by atoms with van der Waals surface area (Å²) in [4.78, 5) is 13.4. The van der Waals surface area contributed by atoms with Crippen LogP contribution in [0.2, 0.25) is 0 Å². The smallest absolute Gasteiger partial charge is 0.338 e. The zero-order chi connectivity index (χ0) is 33.8. The van der Waals surface area contributed by atoms with E-state index in [1.54, 1.807) is 20.8 Å². The second kappa shape index (κ2) is 17.5. The molecule has 8 nitrogen and oxygen atoms in total. The van der Waals surface area contributed by atoms with Crippen LogP contribution in [0.5, 0.6) is 0 Å². The van der Waals surface area contributed by atoms with E-state index >= 15 is 0 Å². The Morgan fingerprint density at radius 1 is 0.625 bits per heavy atom. The van der Waals surface area contributed by atoms with Gasteiger partial charge in [0.15, 0.2) is 6.10 Å². The molecule has 0 bridgehead atoms. The van der Waals surface area contributed by atoms with Gasteiger partial charge in [0.1, 0.15) is 36.1 Å². The topological polar surface area (TPSA) is 92.7 Å². The van der Waals surface area contributed by atoms with Gasteiger partial charge in [-0.3, -0.25) is 0 Å². The Hall–Kier alpha value is -3.89. The van der Waals surface area contributed by atoms with E-state index in [-0.39, 0.29) is 26.4 Å². The number of rotatable bonds is 15. The van der Waals surface area contributed by atoms with Crippen molar-refractivity contribution in [3.05, 3.63) is 144 Å². The molecule has 0 amide bonds. The predicted octanol–water partition coefficient (Wildman–Crippen LogP) is 6.43. The van der Waals surface area contributed by atoms with Crippen molar-refractivity contribution in [1.29, 1.82) is 0 Å². The van der Waals surface area contributed by atoms with Crippen LogP contribution in [0, 0.1) is 0 Å². The summed E-state index contributed by atoms with van der Waals surface area (Å²) in [7, 11) is 0. The lowest BCUT2D eigenvalue weighted by molar-refractivity contribution is -0.287. The van der Waals surface area contributed by atoms with Crippen molar-refractivity contribution in [1.82, 2.24) is 0 Å². The average Bonchev–Trinajstić information content (AvgIpc) is 3.10. The molecule has 1 saturated heterocycles. The van der Waals surface area contributed by atoms with Crippen LogP contribution in [0.25, 0.3) is 0 Å². The lowest BCUT2D eigenvalue weighted by Crippen LogP contribution is -2.65. The molecule has 1 unspecified atom stereocenters. The van der Waals surface area contributed by atoms with E-state index in [1.165, 1.54) is 0 Å². The highest BCUT2D eigenvalue weighted by atomic mass is 16.6. The molecule has 48 heavy (non-hydrogen) atoms. The fourth-order valence-electron chi connectivity index (χ4n) is 5.58. The first kappa shape index (κ1) is 35.4. The van der Waals surface area contributed by atoms with E-state index < -0.39 is 48.2 Å². The summed E-state index contributed by atoms with van der Waals surface area (Å²) < 4.78 is 38.3. The van der Waals surface area contributed by atoms with Gasteiger partial charge in [0.25, 0.3) is 0 Å². The Balaban J connectivity index is 1.49. The fraction of sp³-hybridized carbons (Fsp3) is 0.375. The highest BCUT2D eigenvalue weighted by Gasteiger charge is 2.52. The molecule has 5 rings (SSSR count). The molecule has 4 aromatic rings. The number of hydrogen-bond donors (Lipinski definition) is 1. The molecule has 8 heteroatoms. The third-order valence-corrected chi connectivity index (χ3v) is 7.88. The Morgan fingerprint density at radius 3 is 1.46 bits per heavy atom. The molecule has 4 aromatic carbocycles. The van der Waals surface area contributed by atoms with E-state index in [0.717, 1.165) is 22.3 Å². The largest absolute Gasteiger partial charge is 0.458 e. The monoisotopic (exact) mass is 654 g/mol. The van der Waals surface area contributed by atoms with E-state index in [9.17, 15) is 9.90 Å². The van der Waals surface area contributed by atoms with Crippen LogP contribution >= 0.6 is 0 Å². The normalized spacial score (nSPS) is 21.8. The molecule has 0 aliphatic carbocycles. The van der Waals surface area contributed by atoms with Crippen LogP contribution in [0.4, 0.5) is 0 Å². The molecule has 6 atom stereocenters. The molecular formula is C40H46O8. The maximum atomic E-state index is 13.4. The van der Waals surface area contributed by atoms with Crippen LogP contribution in [0.1, 0.15) is 43.0 Å². The van der Waals surface area contributed by atoms with Crippen molar-refractivity contribution in [3.8, 4) is 0 Å². The molecule has 0 saturated carbocycles. The van der Waals surface area contributed by atoms with Crippen molar-refractivity contribution in [3.63, 3.8) is 0 Å². The quantitative estimate of drug-likeness (QED) is 0.147. The maximum Gasteiger partial charge on any atom is 0.338 e. The number of carbonyl (C=O) groups excluding carboxylic acids is 1. The number of aliphatic hydroxyl groups is 1. The van der Waals surface area contributed by atoms with Gasteiger partial charge in [0.2, 0.25) is 0 Å². The van der Waals surface area contributed by atoms with Crippen molar-refractivity contribution in [2.24, 2.45) is 0 Å². The third kappa shape index (κ3) is 10.6. The molecule has 0 aromatic heterocycles. The lowest BCUT2D eigenvalue weighted by Gasteiger charge is -2.47. The first-order valence-corrected chi connectivity index (χ1v) is 16.4. The van der Waals surface area contributed by atoms with E-state index in [4.69, 9.17) is 28.4 Å². The number of hydrogen-bond acceptors (Lipinski definition) is 8. The maximum absolute atomic E-state index is 13.4. The average molecular weight is 655 g/mol. The van der Waals surface area contributed by atoms with Crippen molar-refractivity contribution in [2.45, 2.75) is 89.4 Å². The summed E-state index contributed by atoms with van der Waals surface area (Å²) >= 11 is 0. The molecule has 1 aliphatic heterocycles. The van der Waals surface area contributed by atoms with Gasteiger partial charge < -0.3 is 33.5 Å². The van der Waals surface area contributed by atoms with Gasteiger partial charge in [-0.1, -0.05) is 121 Å². The minimum absolute atomic E-state index is 0.114. The predicted molar refractivity (Wildman–Crippen MR) is 182 cm³/mol. The van der Waals surface area contributed by atoms with Crippen LogP contribution in [0.15, 0.2) is 121 Å². The molecule has 0 radical (unpaired) electrons. The Kier molecular flexibility index (Phi) is 12.9. The molecular weight excluding hydrogens is 608 g/mol. The minimum atomic E-state index is -1.67. The van der Waals surface area contributed by atoms with Crippen LogP contribution in [-0.4, -0.2) is 59.9 Å². The van der Waals surface area contributed by atoms with Gasteiger partial charge in [-0.25, -0.2) is 4.79 Å². The Morgan fingerprint density at radius 2 is 1.02 bits per heavy atom. The first-order valence-electron chi connectivity index (χ1n) is 16.4. The Bertz CT molecular complexity index is 1490. The number of esters is 1. The summed E-state index contributed by atoms with van der Waals surface area (Å²) in [6.07, 6.45) is -5.91. The SMILES string of the molecule is CC(C)(C)OC(=O)C(O)[C@@H]1O[C@H](COCc2ccccc2)[C@H](OCc2ccccc2)[C@H](OCc2ccccc2)[C@H]1OCc1ccccc1. The highest BCUT2D eigenvalue weighted by Crippen LogP contribution is 2.33. The van der Waals surface area contributed by atoms with E-state index in [0.29, 0.717) is 6.61 Å².